The summed E-state index contributed by atoms with van der Waals surface area (Å²) in [6.07, 6.45) is 10.0. The Balaban J connectivity index is 1.67. The molecule has 5 nitrogen and oxygen atoms in total. The second-order valence-corrected chi connectivity index (χ2v) is 6.00. The Kier molecular flexibility index (Phi) is 6.08. The van der Waals surface area contributed by atoms with E-state index in [1.54, 1.807) is 4.90 Å². The van der Waals surface area contributed by atoms with E-state index in [1.165, 1.54) is 0 Å². The number of hydrogen-bond donors (Lipinski definition) is 2. The van der Waals surface area contributed by atoms with Crippen LogP contribution < -0.4 is 10.6 Å². The molecule has 1 atom stereocenters. The van der Waals surface area contributed by atoms with Crippen LogP contribution in [0.25, 0.3) is 0 Å². The lowest BCUT2D eigenvalue weighted by molar-refractivity contribution is -0.124. The van der Waals surface area contributed by atoms with Crippen LogP contribution >= 0.6 is 0 Å². The Hall–Kier alpha value is -1.52. The van der Waals surface area contributed by atoms with Gasteiger partial charge in [-0.05, 0) is 44.9 Å². The van der Waals surface area contributed by atoms with Crippen LogP contribution in [0.4, 0.5) is 4.79 Å². The number of unbranched alkanes of at least 4 members (excludes halogenated alkanes) is 3. The van der Waals surface area contributed by atoms with E-state index in [1.807, 2.05) is 6.08 Å². The first-order valence-corrected chi connectivity index (χ1v) is 8.18. The minimum Gasteiger partial charge on any atom is -0.352 e. The molecule has 118 valence electrons. The maximum atomic E-state index is 12.2. The molecular formula is C16H27N3O2. The highest BCUT2D eigenvalue weighted by Crippen LogP contribution is 2.22. The Morgan fingerprint density at radius 3 is 2.71 bits per heavy atom. The number of likely N-dealkylation sites (tertiary alicyclic amines) is 1. The number of nitrogens with one attached hydrogen (secondary N) is 2. The molecular weight excluding hydrogens is 266 g/mol. The van der Waals surface area contributed by atoms with Crippen molar-refractivity contribution in [1.82, 2.24) is 15.5 Å². The zero-order valence-electron chi connectivity index (χ0n) is 12.8. The predicted molar refractivity (Wildman–Crippen MR) is 83.0 cm³/mol. The molecule has 0 aromatic carbocycles. The molecule has 1 aliphatic heterocycles. The van der Waals surface area contributed by atoms with Gasteiger partial charge in [0.05, 0.1) is 0 Å². The Bertz CT molecular complexity index is 380. The zero-order chi connectivity index (χ0) is 15.1. The van der Waals surface area contributed by atoms with Crippen molar-refractivity contribution in [3.05, 3.63) is 12.7 Å². The van der Waals surface area contributed by atoms with Crippen molar-refractivity contribution >= 4 is 11.9 Å². The van der Waals surface area contributed by atoms with Crippen molar-refractivity contribution in [3.8, 4) is 0 Å². The lowest BCUT2D eigenvalue weighted by Gasteiger charge is -2.24. The average molecular weight is 293 g/mol. The van der Waals surface area contributed by atoms with Crippen molar-refractivity contribution < 1.29 is 9.59 Å². The highest BCUT2D eigenvalue weighted by atomic mass is 16.2. The third-order valence-corrected chi connectivity index (χ3v) is 4.10. The minimum absolute atomic E-state index is 0.0242. The van der Waals surface area contributed by atoms with Crippen LogP contribution in [0.1, 0.15) is 51.4 Å². The molecule has 3 amide bonds. The number of hydrogen-bond acceptors (Lipinski definition) is 2. The van der Waals surface area contributed by atoms with Crippen molar-refractivity contribution in [2.75, 3.05) is 13.1 Å². The van der Waals surface area contributed by atoms with Gasteiger partial charge in [-0.25, -0.2) is 4.79 Å². The highest BCUT2D eigenvalue weighted by molar-refractivity contribution is 5.88. The molecule has 2 fully saturated rings. The van der Waals surface area contributed by atoms with Crippen molar-refractivity contribution in [2.45, 2.75) is 63.5 Å². The van der Waals surface area contributed by atoms with Crippen LogP contribution in [0.3, 0.4) is 0 Å². The van der Waals surface area contributed by atoms with Gasteiger partial charge in [0, 0.05) is 19.1 Å². The normalized spacial score (nSPS) is 21.1. The van der Waals surface area contributed by atoms with Gasteiger partial charge in [-0.3, -0.25) is 4.79 Å². The largest absolute Gasteiger partial charge is 0.352 e. The number of carbonyl (C=O) groups is 2. The van der Waals surface area contributed by atoms with E-state index in [0.29, 0.717) is 19.1 Å². The van der Waals surface area contributed by atoms with E-state index >= 15 is 0 Å². The lowest BCUT2D eigenvalue weighted by Crippen LogP contribution is -2.50. The smallest absolute Gasteiger partial charge is 0.318 e. The number of rotatable bonds is 8. The Labute approximate surface area is 127 Å². The quantitative estimate of drug-likeness (QED) is 0.532. The molecule has 0 bridgehead atoms. The summed E-state index contributed by atoms with van der Waals surface area (Å²) in [5, 5.41) is 5.94. The topological polar surface area (TPSA) is 61.4 Å². The van der Waals surface area contributed by atoms with E-state index in [4.69, 9.17) is 0 Å². The van der Waals surface area contributed by atoms with E-state index in [-0.39, 0.29) is 18.0 Å². The predicted octanol–water partition coefficient (Wildman–Crippen LogP) is 2.19. The second kappa shape index (κ2) is 8.05. The summed E-state index contributed by atoms with van der Waals surface area (Å²) in [5.74, 6) is 0.0242. The molecule has 5 heteroatoms. The Morgan fingerprint density at radius 1 is 1.19 bits per heavy atom. The minimum atomic E-state index is -0.272. The fraction of sp³-hybridized carbons (Fsp3) is 0.750. The number of nitrogens with zero attached hydrogens (tertiary/aromatic N) is 1. The van der Waals surface area contributed by atoms with Crippen LogP contribution in [-0.4, -0.2) is 42.0 Å². The number of carbonyl (C=O) groups excluding carboxylic acids is 2. The van der Waals surface area contributed by atoms with E-state index < -0.39 is 0 Å². The standard InChI is InChI=1S/C16H27N3O2/c1-2-3-4-5-6-11-17-16(21)19-12-7-8-14(19)15(20)18-13-9-10-13/h2,13-14H,1,3-12H2,(H,17,21)(H,18,20)/t14-/m0/s1. The molecule has 1 aliphatic carbocycles. The first-order chi connectivity index (χ1) is 10.2. The Morgan fingerprint density at radius 2 is 2.00 bits per heavy atom. The fourth-order valence-electron chi connectivity index (χ4n) is 2.69. The molecule has 0 spiro atoms. The van der Waals surface area contributed by atoms with Gasteiger partial charge in [-0.1, -0.05) is 12.5 Å². The summed E-state index contributed by atoms with van der Waals surface area (Å²) in [5.41, 5.74) is 0. The van der Waals surface area contributed by atoms with E-state index in [2.05, 4.69) is 17.2 Å². The first-order valence-electron chi connectivity index (χ1n) is 8.18. The number of allylic oxidation sites excluding steroid dienone is 1. The molecule has 1 saturated carbocycles. The number of amides is 3. The molecule has 1 heterocycles. The molecule has 1 saturated heterocycles. The SMILES string of the molecule is C=CCCCCCNC(=O)N1CCC[C@H]1C(=O)NC1CC1. The number of urea groups is 1. The maximum absolute atomic E-state index is 12.2. The van der Waals surface area contributed by atoms with Gasteiger partial charge in [0.1, 0.15) is 6.04 Å². The van der Waals surface area contributed by atoms with Crippen LogP contribution in [0, 0.1) is 0 Å². The second-order valence-electron chi connectivity index (χ2n) is 6.00. The van der Waals surface area contributed by atoms with Crippen LogP contribution in [0.15, 0.2) is 12.7 Å². The zero-order valence-corrected chi connectivity index (χ0v) is 12.8. The molecule has 2 rings (SSSR count). The van der Waals surface area contributed by atoms with Crippen LogP contribution in [0.2, 0.25) is 0 Å². The monoisotopic (exact) mass is 293 g/mol. The summed E-state index contributed by atoms with van der Waals surface area (Å²) >= 11 is 0. The molecule has 0 aromatic rings. The molecule has 0 unspecified atom stereocenters. The van der Waals surface area contributed by atoms with Gasteiger partial charge in [0.25, 0.3) is 0 Å². The van der Waals surface area contributed by atoms with Gasteiger partial charge in [-0.15, -0.1) is 6.58 Å². The first kappa shape index (κ1) is 15.9. The summed E-state index contributed by atoms with van der Waals surface area (Å²) in [4.78, 5) is 26.0. The third kappa shape index (κ3) is 5.06. The molecule has 0 radical (unpaired) electrons. The molecule has 2 N–H and O–H groups in total. The van der Waals surface area contributed by atoms with Crippen LogP contribution in [-0.2, 0) is 4.79 Å². The van der Waals surface area contributed by atoms with Crippen LogP contribution in [0.5, 0.6) is 0 Å². The van der Waals surface area contributed by atoms with Gasteiger partial charge in [0.2, 0.25) is 5.91 Å². The van der Waals surface area contributed by atoms with E-state index in [9.17, 15) is 9.59 Å². The van der Waals surface area contributed by atoms with Crippen molar-refractivity contribution in [3.63, 3.8) is 0 Å². The third-order valence-electron chi connectivity index (χ3n) is 4.10. The highest BCUT2D eigenvalue weighted by Gasteiger charge is 2.36. The summed E-state index contributed by atoms with van der Waals surface area (Å²) < 4.78 is 0. The van der Waals surface area contributed by atoms with Gasteiger partial charge >= 0.3 is 6.03 Å². The molecule has 0 aromatic heterocycles. The van der Waals surface area contributed by atoms with Crippen molar-refractivity contribution in [2.24, 2.45) is 0 Å². The maximum Gasteiger partial charge on any atom is 0.318 e. The molecule has 2 aliphatic rings. The average Bonchev–Trinajstić information content (AvgIpc) is 3.14. The van der Waals surface area contributed by atoms with Gasteiger partial charge in [-0.2, -0.15) is 0 Å². The summed E-state index contributed by atoms with van der Waals surface area (Å²) in [7, 11) is 0. The fourth-order valence-corrected chi connectivity index (χ4v) is 2.69. The summed E-state index contributed by atoms with van der Waals surface area (Å²) in [6, 6.07) is -0.00796. The van der Waals surface area contributed by atoms with Crippen molar-refractivity contribution in [1.29, 1.82) is 0 Å². The van der Waals surface area contributed by atoms with Gasteiger partial charge < -0.3 is 15.5 Å². The van der Waals surface area contributed by atoms with E-state index in [0.717, 1.165) is 51.4 Å². The lowest BCUT2D eigenvalue weighted by atomic mass is 10.2. The summed E-state index contributed by atoms with van der Waals surface area (Å²) in [6.45, 7) is 5.06. The molecule has 21 heavy (non-hydrogen) atoms. The van der Waals surface area contributed by atoms with Gasteiger partial charge in [0.15, 0.2) is 0 Å².